The number of nitrogens with zero attached hydrogens (tertiary/aromatic N) is 2. The fourth-order valence-electron chi connectivity index (χ4n) is 3.44. The number of para-hydroxylation sites is 1. The first kappa shape index (κ1) is 16.6. The second kappa shape index (κ2) is 7.51. The topological polar surface area (TPSA) is 52.7 Å². The zero-order valence-electron chi connectivity index (χ0n) is 14.2. The van der Waals surface area contributed by atoms with Gasteiger partial charge in [0.1, 0.15) is 0 Å². The Balaban J connectivity index is 1.58. The van der Waals surface area contributed by atoms with Crippen LogP contribution in [0.15, 0.2) is 42.0 Å². The number of carbonyl (C=O) groups excluding carboxylic acids is 2. The molecule has 2 aliphatic rings. The summed E-state index contributed by atoms with van der Waals surface area (Å²) < 4.78 is 0. The van der Waals surface area contributed by atoms with E-state index < -0.39 is 0 Å². The van der Waals surface area contributed by atoms with Gasteiger partial charge < -0.3 is 15.1 Å². The van der Waals surface area contributed by atoms with Crippen LogP contribution in [-0.4, -0.2) is 47.9 Å². The highest BCUT2D eigenvalue weighted by Crippen LogP contribution is 2.22. The van der Waals surface area contributed by atoms with Crippen LogP contribution >= 0.6 is 0 Å². The molecule has 1 saturated heterocycles. The molecule has 128 valence electrons. The van der Waals surface area contributed by atoms with Crippen LogP contribution in [0.2, 0.25) is 0 Å². The molecule has 2 aliphatic heterocycles. The van der Waals surface area contributed by atoms with Crippen LogP contribution in [0, 0.1) is 5.92 Å². The molecular formula is C19H25N3O2. The van der Waals surface area contributed by atoms with E-state index in [-0.39, 0.29) is 17.9 Å². The Kier molecular flexibility index (Phi) is 5.18. The number of anilines is 1. The molecule has 2 heterocycles. The smallest absolute Gasteiger partial charge is 0.321 e. The molecule has 0 bridgehead atoms. The molecule has 1 fully saturated rings. The van der Waals surface area contributed by atoms with E-state index in [1.54, 1.807) is 4.90 Å². The molecule has 1 atom stereocenters. The minimum Gasteiger partial charge on any atom is -0.338 e. The van der Waals surface area contributed by atoms with E-state index in [1.165, 1.54) is 5.57 Å². The maximum absolute atomic E-state index is 12.8. The lowest BCUT2D eigenvalue weighted by Crippen LogP contribution is -2.48. The molecular weight excluding hydrogens is 302 g/mol. The van der Waals surface area contributed by atoms with Gasteiger partial charge in [-0.05, 0) is 38.3 Å². The highest BCUT2D eigenvalue weighted by Gasteiger charge is 2.31. The Morgan fingerprint density at radius 2 is 1.92 bits per heavy atom. The van der Waals surface area contributed by atoms with Gasteiger partial charge in [-0.2, -0.15) is 0 Å². The zero-order chi connectivity index (χ0) is 16.9. The summed E-state index contributed by atoms with van der Waals surface area (Å²) in [5.41, 5.74) is 2.04. The van der Waals surface area contributed by atoms with Crippen LogP contribution in [0.4, 0.5) is 10.5 Å². The van der Waals surface area contributed by atoms with Crippen molar-refractivity contribution in [3.05, 3.63) is 42.0 Å². The van der Waals surface area contributed by atoms with Crippen LogP contribution in [0.3, 0.4) is 0 Å². The van der Waals surface area contributed by atoms with Crippen molar-refractivity contribution < 1.29 is 9.59 Å². The zero-order valence-corrected chi connectivity index (χ0v) is 14.2. The van der Waals surface area contributed by atoms with Crippen LogP contribution in [0.5, 0.6) is 0 Å². The fourth-order valence-corrected chi connectivity index (χ4v) is 3.44. The van der Waals surface area contributed by atoms with Crippen LogP contribution in [0.25, 0.3) is 0 Å². The number of hydrogen-bond donors (Lipinski definition) is 1. The highest BCUT2D eigenvalue weighted by molar-refractivity contribution is 5.90. The van der Waals surface area contributed by atoms with Gasteiger partial charge in [0.15, 0.2) is 0 Å². The lowest BCUT2D eigenvalue weighted by molar-refractivity contribution is -0.136. The second-order valence-electron chi connectivity index (χ2n) is 6.68. The average Bonchev–Trinajstić information content (AvgIpc) is 2.62. The van der Waals surface area contributed by atoms with Crippen molar-refractivity contribution >= 4 is 17.6 Å². The molecule has 5 nitrogen and oxygen atoms in total. The number of likely N-dealkylation sites (tertiary alicyclic amines) is 1. The van der Waals surface area contributed by atoms with Crippen molar-refractivity contribution in [1.82, 2.24) is 9.80 Å². The fraction of sp³-hybridized carbons (Fsp3) is 0.474. The van der Waals surface area contributed by atoms with Crippen LogP contribution in [-0.2, 0) is 4.79 Å². The van der Waals surface area contributed by atoms with Gasteiger partial charge in [-0.25, -0.2) is 4.79 Å². The SMILES string of the molecule is CC1=CCCN(C(=O)[C@H]2CCCN(C(=O)Nc3ccccc3)C2)C1. The van der Waals surface area contributed by atoms with Gasteiger partial charge in [0.25, 0.3) is 0 Å². The van der Waals surface area contributed by atoms with E-state index in [0.717, 1.165) is 38.0 Å². The van der Waals surface area contributed by atoms with Crippen molar-refractivity contribution in [3.63, 3.8) is 0 Å². The number of nitrogens with one attached hydrogen (secondary N) is 1. The number of carbonyl (C=O) groups is 2. The van der Waals surface area contributed by atoms with E-state index in [0.29, 0.717) is 13.1 Å². The quantitative estimate of drug-likeness (QED) is 0.849. The third kappa shape index (κ3) is 3.96. The normalized spacial score (nSPS) is 21.2. The van der Waals surface area contributed by atoms with Gasteiger partial charge in [0.2, 0.25) is 5.91 Å². The highest BCUT2D eigenvalue weighted by atomic mass is 16.2. The lowest BCUT2D eigenvalue weighted by atomic mass is 9.95. The van der Waals surface area contributed by atoms with Crippen molar-refractivity contribution in [2.45, 2.75) is 26.2 Å². The minimum atomic E-state index is -0.117. The van der Waals surface area contributed by atoms with Gasteiger partial charge in [0.05, 0.1) is 5.92 Å². The maximum atomic E-state index is 12.8. The molecule has 1 aromatic rings. The summed E-state index contributed by atoms with van der Waals surface area (Å²) >= 11 is 0. The summed E-state index contributed by atoms with van der Waals surface area (Å²) in [6.45, 7) is 4.81. The van der Waals surface area contributed by atoms with Gasteiger partial charge >= 0.3 is 6.03 Å². The molecule has 3 amide bonds. The molecule has 0 spiro atoms. The van der Waals surface area contributed by atoms with Crippen molar-refractivity contribution in [2.75, 3.05) is 31.5 Å². The Labute approximate surface area is 143 Å². The summed E-state index contributed by atoms with van der Waals surface area (Å²) in [6.07, 6.45) is 4.88. The number of amides is 3. The number of urea groups is 1. The maximum Gasteiger partial charge on any atom is 0.321 e. The monoisotopic (exact) mass is 327 g/mol. The molecule has 0 aromatic heterocycles. The minimum absolute atomic E-state index is 0.0776. The molecule has 1 aromatic carbocycles. The largest absolute Gasteiger partial charge is 0.338 e. The first-order valence-corrected chi connectivity index (χ1v) is 8.69. The molecule has 0 radical (unpaired) electrons. The summed E-state index contributed by atoms with van der Waals surface area (Å²) in [5, 5.41) is 2.91. The van der Waals surface area contributed by atoms with E-state index in [9.17, 15) is 9.59 Å². The number of hydrogen-bond acceptors (Lipinski definition) is 2. The third-order valence-electron chi connectivity index (χ3n) is 4.73. The Hall–Kier alpha value is -2.30. The average molecular weight is 327 g/mol. The van der Waals surface area contributed by atoms with E-state index in [4.69, 9.17) is 0 Å². The molecule has 1 N–H and O–H groups in total. The molecule has 3 rings (SSSR count). The van der Waals surface area contributed by atoms with E-state index >= 15 is 0 Å². The summed E-state index contributed by atoms with van der Waals surface area (Å²) in [6, 6.07) is 9.32. The number of rotatable bonds is 2. The van der Waals surface area contributed by atoms with Gasteiger partial charge in [-0.3, -0.25) is 4.79 Å². The molecule has 0 saturated carbocycles. The first-order valence-electron chi connectivity index (χ1n) is 8.69. The molecule has 0 aliphatic carbocycles. The predicted octanol–water partition coefficient (Wildman–Crippen LogP) is 3.11. The Morgan fingerprint density at radius 3 is 2.67 bits per heavy atom. The molecule has 0 unspecified atom stereocenters. The van der Waals surface area contributed by atoms with E-state index in [2.05, 4.69) is 18.3 Å². The Bertz CT molecular complexity index is 627. The van der Waals surface area contributed by atoms with Crippen LogP contribution in [0.1, 0.15) is 26.2 Å². The molecule has 5 heteroatoms. The molecule has 24 heavy (non-hydrogen) atoms. The summed E-state index contributed by atoms with van der Waals surface area (Å²) in [4.78, 5) is 28.9. The summed E-state index contributed by atoms with van der Waals surface area (Å²) in [7, 11) is 0. The second-order valence-corrected chi connectivity index (χ2v) is 6.68. The van der Waals surface area contributed by atoms with Gasteiger partial charge in [-0.15, -0.1) is 0 Å². The number of benzene rings is 1. The summed E-state index contributed by atoms with van der Waals surface area (Å²) in [5.74, 6) is 0.117. The standard InChI is InChI=1S/C19H25N3O2/c1-15-7-5-11-21(13-15)18(23)16-8-6-12-22(14-16)19(24)20-17-9-3-2-4-10-17/h2-4,7,9-10,16H,5-6,8,11-14H2,1H3,(H,20,24)/t16-/m0/s1. The number of piperidine rings is 1. The van der Waals surface area contributed by atoms with Crippen molar-refractivity contribution in [2.24, 2.45) is 5.92 Å². The van der Waals surface area contributed by atoms with Crippen molar-refractivity contribution in [3.8, 4) is 0 Å². The van der Waals surface area contributed by atoms with Crippen molar-refractivity contribution in [1.29, 1.82) is 0 Å². The van der Waals surface area contributed by atoms with Gasteiger partial charge in [-0.1, -0.05) is 29.8 Å². The lowest BCUT2D eigenvalue weighted by Gasteiger charge is -2.36. The van der Waals surface area contributed by atoms with Gasteiger partial charge in [0, 0.05) is 31.9 Å². The Morgan fingerprint density at radius 1 is 1.12 bits per heavy atom. The first-order chi connectivity index (χ1) is 11.6. The third-order valence-corrected chi connectivity index (χ3v) is 4.73. The van der Waals surface area contributed by atoms with Crippen LogP contribution < -0.4 is 5.32 Å². The predicted molar refractivity (Wildman–Crippen MR) is 94.7 cm³/mol. The van der Waals surface area contributed by atoms with E-state index in [1.807, 2.05) is 35.2 Å².